The first-order valence-corrected chi connectivity index (χ1v) is 10.4. The van der Waals surface area contributed by atoms with Crippen LogP contribution in [0.25, 0.3) is 0 Å². The van der Waals surface area contributed by atoms with Gasteiger partial charge in [0.2, 0.25) is 5.91 Å². The first kappa shape index (κ1) is 28.2. The second-order valence-corrected chi connectivity index (χ2v) is 7.86. The van der Waals surface area contributed by atoms with Crippen LogP contribution in [0.15, 0.2) is 0 Å². The third-order valence-electron chi connectivity index (χ3n) is 5.14. The summed E-state index contributed by atoms with van der Waals surface area (Å²) in [5.41, 5.74) is 0. The molecule has 0 radical (unpaired) electrons. The number of amides is 1. The number of nitrogens with zero attached hydrogens (tertiary/aromatic N) is 5. The van der Waals surface area contributed by atoms with Gasteiger partial charge in [-0.15, -0.1) is 0 Å². The number of carboxylic acid groups (broad SMARTS) is 4. The number of hydrogen-bond donors (Lipinski definition) is 1. The Kier molecular flexibility index (Phi) is 12.3. The van der Waals surface area contributed by atoms with E-state index in [1.54, 1.807) is 14.7 Å². The highest BCUT2D eigenvalue weighted by Crippen LogP contribution is 2.02. The van der Waals surface area contributed by atoms with E-state index < -0.39 is 56.0 Å². The van der Waals surface area contributed by atoms with Gasteiger partial charge >= 0.3 is 5.97 Å². The zero-order chi connectivity index (χ0) is 25.0. The topological polar surface area (TPSA) is 191 Å². The van der Waals surface area contributed by atoms with Crippen molar-refractivity contribution in [2.75, 3.05) is 92.1 Å². The van der Waals surface area contributed by atoms with Crippen molar-refractivity contribution in [1.82, 2.24) is 24.5 Å². The quantitative estimate of drug-likeness (QED) is 0.316. The SMILES string of the molecule is CN(CC(=O)O)C(=O)CN1CCN(CC(=O)[O-])CCN(CC(=O)[O-])CCN(CC(=O)[O-])CC1. The average molecular weight is 472 g/mol. The van der Waals surface area contributed by atoms with Gasteiger partial charge in [-0.2, -0.15) is 0 Å². The van der Waals surface area contributed by atoms with Gasteiger partial charge in [-0.3, -0.25) is 29.2 Å². The molecular weight excluding hydrogens is 442 g/mol. The Hall–Kier alpha value is -2.81. The molecule has 0 unspecified atom stereocenters. The highest BCUT2D eigenvalue weighted by Gasteiger charge is 2.20. The summed E-state index contributed by atoms with van der Waals surface area (Å²) in [6, 6.07) is 0. The highest BCUT2D eigenvalue weighted by molar-refractivity contribution is 5.82. The van der Waals surface area contributed by atoms with Crippen molar-refractivity contribution in [3.63, 3.8) is 0 Å². The third-order valence-corrected chi connectivity index (χ3v) is 5.14. The van der Waals surface area contributed by atoms with Crippen LogP contribution in [0, 0.1) is 0 Å². The molecule has 0 aromatic carbocycles. The molecule has 1 amide bonds. The Morgan fingerprint density at radius 1 is 0.636 bits per heavy atom. The molecule has 0 aromatic rings. The lowest BCUT2D eigenvalue weighted by molar-refractivity contribution is -0.308. The van der Waals surface area contributed by atoms with Crippen molar-refractivity contribution in [2.24, 2.45) is 0 Å². The molecule has 0 spiro atoms. The van der Waals surface area contributed by atoms with Gasteiger partial charge in [0.05, 0.1) is 24.5 Å². The smallest absolute Gasteiger partial charge is 0.323 e. The van der Waals surface area contributed by atoms with Crippen LogP contribution in [0.2, 0.25) is 0 Å². The maximum atomic E-state index is 12.4. The molecule has 188 valence electrons. The summed E-state index contributed by atoms with van der Waals surface area (Å²) in [5.74, 6) is -5.55. The minimum atomic E-state index is -1.31. The lowest BCUT2D eigenvalue weighted by Gasteiger charge is -2.34. The normalized spacial score (nSPS) is 18.1. The second-order valence-electron chi connectivity index (χ2n) is 7.86. The molecule has 14 heteroatoms. The van der Waals surface area contributed by atoms with Crippen LogP contribution in [0.5, 0.6) is 0 Å². The number of aliphatic carboxylic acids is 4. The van der Waals surface area contributed by atoms with Gasteiger partial charge in [-0.1, -0.05) is 0 Å². The molecule has 1 fully saturated rings. The molecule has 1 aliphatic heterocycles. The zero-order valence-corrected chi connectivity index (χ0v) is 18.6. The first-order valence-electron chi connectivity index (χ1n) is 10.4. The predicted molar refractivity (Wildman–Crippen MR) is 106 cm³/mol. The fourth-order valence-corrected chi connectivity index (χ4v) is 3.36. The highest BCUT2D eigenvalue weighted by atomic mass is 16.4. The van der Waals surface area contributed by atoms with Gasteiger partial charge in [0.15, 0.2) is 0 Å². The van der Waals surface area contributed by atoms with Crippen LogP contribution >= 0.6 is 0 Å². The number of likely N-dealkylation sites (N-methyl/N-ethyl adjacent to an activating group) is 1. The van der Waals surface area contributed by atoms with Gasteiger partial charge < -0.3 is 39.7 Å². The third kappa shape index (κ3) is 12.7. The van der Waals surface area contributed by atoms with E-state index in [4.69, 9.17) is 5.11 Å². The van der Waals surface area contributed by atoms with E-state index in [0.29, 0.717) is 0 Å². The van der Waals surface area contributed by atoms with E-state index in [1.807, 2.05) is 0 Å². The van der Waals surface area contributed by atoms with Crippen LogP contribution in [-0.2, 0) is 24.0 Å². The summed E-state index contributed by atoms with van der Waals surface area (Å²) in [6.45, 7) is -0.117. The van der Waals surface area contributed by atoms with E-state index in [9.17, 15) is 39.3 Å². The van der Waals surface area contributed by atoms with Crippen molar-refractivity contribution in [3.05, 3.63) is 0 Å². The summed E-state index contributed by atoms with van der Waals surface area (Å²) >= 11 is 0. The Morgan fingerprint density at radius 2 is 0.909 bits per heavy atom. The van der Waals surface area contributed by atoms with Gasteiger partial charge in [-0.25, -0.2) is 0 Å². The molecule has 1 heterocycles. The summed E-state index contributed by atoms with van der Waals surface area (Å²) in [7, 11) is 1.35. The van der Waals surface area contributed by atoms with E-state index in [1.165, 1.54) is 11.9 Å². The fourth-order valence-electron chi connectivity index (χ4n) is 3.36. The largest absolute Gasteiger partial charge is 0.549 e. The van der Waals surface area contributed by atoms with Gasteiger partial charge in [0.1, 0.15) is 6.54 Å². The van der Waals surface area contributed by atoms with Crippen LogP contribution in [0.3, 0.4) is 0 Å². The van der Waals surface area contributed by atoms with Crippen LogP contribution in [0.4, 0.5) is 0 Å². The van der Waals surface area contributed by atoms with E-state index >= 15 is 0 Å². The molecule has 0 aliphatic carbocycles. The summed E-state index contributed by atoms with van der Waals surface area (Å²) in [5, 5.41) is 42.2. The molecule has 0 aromatic heterocycles. The molecule has 0 bridgehead atoms. The molecule has 1 N–H and O–H groups in total. The second kappa shape index (κ2) is 14.4. The van der Waals surface area contributed by atoms with Crippen molar-refractivity contribution in [3.8, 4) is 0 Å². The minimum absolute atomic E-state index is 0.140. The maximum Gasteiger partial charge on any atom is 0.323 e. The van der Waals surface area contributed by atoms with Crippen LogP contribution in [0.1, 0.15) is 0 Å². The molecule has 1 saturated heterocycles. The van der Waals surface area contributed by atoms with Gasteiger partial charge in [0, 0.05) is 79.0 Å². The number of carbonyl (C=O) groups is 5. The Balaban J connectivity index is 2.98. The Labute approximate surface area is 191 Å². The standard InChI is InChI=1S/C19H33N5O9/c1-20(11-16(26)27)15(25)10-21-2-4-22(12-17(28)29)6-8-24(14-19(32)33)9-7-23(5-3-21)13-18(30)31/h2-14H2,1H3,(H,26,27)(H,28,29)(H,30,31)(H,32,33)/p-3. The predicted octanol–water partition coefficient (Wildman–Crippen LogP) is -7.00. The zero-order valence-electron chi connectivity index (χ0n) is 18.6. The lowest BCUT2D eigenvalue weighted by atomic mass is 10.3. The van der Waals surface area contributed by atoms with E-state index in [0.717, 1.165) is 4.90 Å². The van der Waals surface area contributed by atoms with Crippen molar-refractivity contribution in [1.29, 1.82) is 0 Å². The molecular formula is C19H30N5O9-3. The molecule has 14 nitrogen and oxygen atoms in total. The number of hydrogen-bond acceptors (Lipinski definition) is 12. The molecule has 0 atom stereocenters. The van der Waals surface area contributed by atoms with E-state index in [2.05, 4.69) is 0 Å². The lowest BCUT2D eigenvalue weighted by Crippen LogP contribution is -2.52. The Bertz CT molecular complexity index is 673. The summed E-state index contributed by atoms with van der Waals surface area (Å²) < 4.78 is 0. The van der Waals surface area contributed by atoms with Crippen molar-refractivity contribution in [2.45, 2.75) is 0 Å². The summed E-state index contributed by atoms with van der Waals surface area (Å²) in [6.07, 6.45) is 0. The summed E-state index contributed by atoms with van der Waals surface area (Å²) in [4.78, 5) is 64.0. The molecule has 1 aliphatic rings. The fraction of sp³-hybridized carbons (Fsp3) is 0.737. The molecule has 1 rings (SSSR count). The number of carboxylic acids is 4. The van der Waals surface area contributed by atoms with Gasteiger partial charge in [0.25, 0.3) is 0 Å². The monoisotopic (exact) mass is 472 g/mol. The Morgan fingerprint density at radius 3 is 1.15 bits per heavy atom. The molecule has 33 heavy (non-hydrogen) atoms. The van der Waals surface area contributed by atoms with E-state index in [-0.39, 0.29) is 58.9 Å². The minimum Gasteiger partial charge on any atom is -0.549 e. The number of rotatable bonds is 10. The van der Waals surface area contributed by atoms with Crippen molar-refractivity contribution >= 4 is 29.8 Å². The number of carbonyl (C=O) groups excluding carboxylic acids is 4. The maximum absolute atomic E-state index is 12.4. The molecule has 0 saturated carbocycles. The van der Waals surface area contributed by atoms with Crippen LogP contribution in [-0.4, -0.2) is 152 Å². The van der Waals surface area contributed by atoms with Crippen molar-refractivity contribution < 1.29 is 44.4 Å². The van der Waals surface area contributed by atoms with Gasteiger partial charge in [-0.05, 0) is 0 Å². The van der Waals surface area contributed by atoms with Crippen LogP contribution < -0.4 is 15.3 Å². The first-order chi connectivity index (χ1) is 15.5. The average Bonchev–Trinajstić information content (AvgIpc) is 2.68.